The van der Waals surface area contributed by atoms with Gasteiger partial charge in [-0.2, -0.15) is 0 Å². The van der Waals surface area contributed by atoms with Crippen molar-refractivity contribution < 1.29 is 9.59 Å². The molecule has 0 spiro atoms. The van der Waals surface area contributed by atoms with Gasteiger partial charge in [-0.3, -0.25) is 9.59 Å². The maximum absolute atomic E-state index is 11.5. The van der Waals surface area contributed by atoms with Gasteiger partial charge in [0.2, 0.25) is 11.8 Å². The van der Waals surface area contributed by atoms with Crippen molar-refractivity contribution in [1.29, 1.82) is 0 Å². The first-order valence-electron chi connectivity index (χ1n) is 5.87. The van der Waals surface area contributed by atoms with Gasteiger partial charge in [0.05, 0.1) is 0 Å². The van der Waals surface area contributed by atoms with E-state index in [0.717, 1.165) is 44.0 Å². The van der Waals surface area contributed by atoms with E-state index in [1.54, 1.807) is 0 Å². The van der Waals surface area contributed by atoms with Crippen molar-refractivity contribution in [2.75, 3.05) is 11.9 Å². The average molecular weight is 291 g/mol. The maximum atomic E-state index is 11.5. The van der Waals surface area contributed by atoms with Gasteiger partial charge in [0.1, 0.15) is 6.04 Å². The van der Waals surface area contributed by atoms with E-state index in [4.69, 9.17) is 0 Å². The van der Waals surface area contributed by atoms with Crippen LogP contribution in [0, 0.1) is 0 Å². The Bertz CT molecular complexity index is 246. The molecular weight excluding hydrogens is 272 g/mol. The van der Waals surface area contributed by atoms with Gasteiger partial charge in [0.25, 0.3) is 0 Å². The molecule has 1 heterocycles. The second-order valence-corrected chi connectivity index (χ2v) is 4.85. The van der Waals surface area contributed by atoms with Gasteiger partial charge < -0.3 is 10.6 Å². The monoisotopic (exact) mass is 290 g/mol. The Hall–Kier alpha value is -0.580. The third kappa shape index (κ3) is 4.96. The predicted molar refractivity (Wildman–Crippen MR) is 66.4 cm³/mol. The Morgan fingerprint density at radius 3 is 3.00 bits per heavy atom. The number of hydrogen-bond donors (Lipinski definition) is 2. The van der Waals surface area contributed by atoms with Crippen molar-refractivity contribution in [2.24, 2.45) is 0 Å². The van der Waals surface area contributed by atoms with Crippen LogP contribution in [-0.2, 0) is 9.59 Å². The molecule has 2 N–H and O–H groups in total. The summed E-state index contributed by atoms with van der Waals surface area (Å²) in [7, 11) is 0. The van der Waals surface area contributed by atoms with Crippen LogP contribution in [0.3, 0.4) is 0 Å². The lowest BCUT2D eigenvalue weighted by Gasteiger charge is -2.14. The molecule has 5 heteroatoms. The van der Waals surface area contributed by atoms with E-state index in [0.29, 0.717) is 6.42 Å². The fraction of sp³-hybridized carbons (Fsp3) is 0.818. The highest BCUT2D eigenvalue weighted by atomic mass is 79.9. The Morgan fingerprint density at radius 2 is 2.25 bits per heavy atom. The fourth-order valence-electron chi connectivity index (χ4n) is 1.72. The van der Waals surface area contributed by atoms with Crippen LogP contribution in [0.1, 0.15) is 38.5 Å². The van der Waals surface area contributed by atoms with Gasteiger partial charge >= 0.3 is 0 Å². The number of alkyl halides is 1. The van der Waals surface area contributed by atoms with Crippen LogP contribution in [0.2, 0.25) is 0 Å². The first kappa shape index (κ1) is 13.5. The zero-order valence-corrected chi connectivity index (χ0v) is 11.0. The van der Waals surface area contributed by atoms with Crippen molar-refractivity contribution in [1.82, 2.24) is 10.6 Å². The lowest BCUT2D eigenvalue weighted by atomic mass is 10.1. The number of halogens is 1. The van der Waals surface area contributed by atoms with Crippen molar-refractivity contribution in [3.8, 4) is 0 Å². The van der Waals surface area contributed by atoms with E-state index in [1.165, 1.54) is 0 Å². The number of carbonyl (C=O) groups is 2. The minimum atomic E-state index is -0.320. The fourth-order valence-corrected chi connectivity index (χ4v) is 2.12. The molecule has 16 heavy (non-hydrogen) atoms. The van der Waals surface area contributed by atoms with Crippen molar-refractivity contribution in [2.45, 2.75) is 44.6 Å². The zero-order chi connectivity index (χ0) is 11.8. The van der Waals surface area contributed by atoms with Crippen LogP contribution in [-0.4, -0.2) is 29.7 Å². The van der Waals surface area contributed by atoms with Gasteiger partial charge in [0.15, 0.2) is 0 Å². The number of hydrogen-bond acceptors (Lipinski definition) is 2. The highest BCUT2D eigenvalue weighted by Gasteiger charge is 2.21. The number of nitrogens with one attached hydrogen (secondary N) is 2. The highest BCUT2D eigenvalue weighted by molar-refractivity contribution is 9.09. The summed E-state index contributed by atoms with van der Waals surface area (Å²) in [5, 5.41) is 6.53. The van der Waals surface area contributed by atoms with E-state index >= 15 is 0 Å². The molecule has 1 unspecified atom stereocenters. The summed E-state index contributed by atoms with van der Waals surface area (Å²) < 4.78 is 0. The van der Waals surface area contributed by atoms with E-state index in [2.05, 4.69) is 26.6 Å². The van der Waals surface area contributed by atoms with E-state index in [-0.39, 0.29) is 17.9 Å². The van der Waals surface area contributed by atoms with Crippen LogP contribution < -0.4 is 10.6 Å². The summed E-state index contributed by atoms with van der Waals surface area (Å²) >= 11 is 3.32. The quantitative estimate of drug-likeness (QED) is 0.593. The second-order valence-electron chi connectivity index (χ2n) is 4.05. The van der Waals surface area contributed by atoms with Crippen LogP contribution in [0.15, 0.2) is 0 Å². The third-order valence-corrected chi connectivity index (χ3v) is 3.22. The van der Waals surface area contributed by atoms with Gasteiger partial charge in [-0.05, 0) is 32.1 Å². The molecule has 0 aromatic carbocycles. The van der Waals surface area contributed by atoms with Crippen LogP contribution in [0.4, 0.5) is 0 Å². The standard InChI is InChI=1S/C11H19BrN2O2/c12-7-3-1-6-10(15)14-9-5-2-4-8-13-11(9)16/h9H,1-8H2,(H,13,16)(H,14,15). The Morgan fingerprint density at radius 1 is 1.44 bits per heavy atom. The topological polar surface area (TPSA) is 58.2 Å². The molecule has 0 saturated carbocycles. The molecule has 1 aliphatic rings. The predicted octanol–water partition coefficient (Wildman–Crippen LogP) is 1.34. The van der Waals surface area contributed by atoms with Crippen molar-refractivity contribution in [3.63, 3.8) is 0 Å². The normalized spacial score (nSPS) is 21.1. The number of amides is 2. The SMILES string of the molecule is O=C(CCCCBr)NC1CCCCNC1=O. The van der Waals surface area contributed by atoms with Gasteiger partial charge in [-0.1, -0.05) is 15.9 Å². The van der Waals surface area contributed by atoms with E-state index in [1.807, 2.05) is 0 Å². The number of unbranched alkanes of at least 4 members (excludes halogenated alkanes) is 1. The first-order valence-corrected chi connectivity index (χ1v) is 6.99. The van der Waals surface area contributed by atoms with Crippen LogP contribution >= 0.6 is 15.9 Å². The third-order valence-electron chi connectivity index (χ3n) is 2.66. The Labute approximate surface area is 105 Å². The Kier molecular flexibility index (Phi) is 6.45. The summed E-state index contributed by atoms with van der Waals surface area (Å²) in [4.78, 5) is 23.1. The smallest absolute Gasteiger partial charge is 0.242 e. The van der Waals surface area contributed by atoms with Crippen LogP contribution in [0.25, 0.3) is 0 Å². The molecule has 2 amide bonds. The number of carbonyl (C=O) groups excluding carboxylic acids is 2. The van der Waals surface area contributed by atoms with Crippen molar-refractivity contribution >= 4 is 27.7 Å². The molecule has 1 atom stereocenters. The molecule has 1 fully saturated rings. The molecule has 92 valence electrons. The number of rotatable bonds is 5. The molecule has 1 aliphatic heterocycles. The molecule has 0 bridgehead atoms. The summed E-state index contributed by atoms with van der Waals surface area (Å²) in [6.45, 7) is 0.731. The molecule has 1 saturated heterocycles. The molecule has 1 rings (SSSR count). The van der Waals surface area contributed by atoms with Gasteiger partial charge in [-0.25, -0.2) is 0 Å². The van der Waals surface area contributed by atoms with E-state index in [9.17, 15) is 9.59 Å². The van der Waals surface area contributed by atoms with Crippen LogP contribution in [0.5, 0.6) is 0 Å². The lowest BCUT2D eigenvalue weighted by molar-refractivity contribution is -0.128. The maximum Gasteiger partial charge on any atom is 0.242 e. The summed E-state index contributed by atoms with van der Waals surface area (Å²) in [5.41, 5.74) is 0. The largest absolute Gasteiger partial charge is 0.354 e. The first-order chi connectivity index (χ1) is 7.74. The highest BCUT2D eigenvalue weighted by Crippen LogP contribution is 2.06. The molecule has 4 nitrogen and oxygen atoms in total. The molecule has 0 aromatic heterocycles. The summed E-state index contributed by atoms with van der Waals surface area (Å²) in [6, 6.07) is -0.320. The molecule has 0 aromatic rings. The van der Waals surface area contributed by atoms with Gasteiger partial charge in [-0.15, -0.1) is 0 Å². The lowest BCUT2D eigenvalue weighted by Crippen LogP contribution is -2.45. The zero-order valence-electron chi connectivity index (χ0n) is 9.43. The minimum absolute atomic E-state index is 0.0111. The van der Waals surface area contributed by atoms with E-state index < -0.39 is 0 Å². The summed E-state index contributed by atoms with van der Waals surface area (Å²) in [6.07, 6.45) is 5.12. The molecule has 0 aliphatic carbocycles. The summed E-state index contributed by atoms with van der Waals surface area (Å²) in [5.74, 6) is -0.0469. The van der Waals surface area contributed by atoms with Gasteiger partial charge in [0, 0.05) is 18.3 Å². The molecular formula is C11H19BrN2O2. The minimum Gasteiger partial charge on any atom is -0.354 e. The van der Waals surface area contributed by atoms with Crippen molar-refractivity contribution in [3.05, 3.63) is 0 Å². The Balaban J connectivity index is 2.27. The molecule has 0 radical (unpaired) electrons. The average Bonchev–Trinajstić information content (AvgIpc) is 2.45. The second kappa shape index (κ2) is 7.65.